The Hall–Kier alpha value is -2.46. The lowest BCUT2D eigenvalue weighted by Crippen LogP contribution is -2.39. The average molecular weight is 562 g/mol. The van der Waals surface area contributed by atoms with Crippen molar-refractivity contribution in [3.05, 3.63) is 88.0 Å². The smallest absolute Gasteiger partial charge is 0.338 e. The maximum Gasteiger partial charge on any atom is 0.338 e. The summed E-state index contributed by atoms with van der Waals surface area (Å²) in [6.07, 6.45) is 1.72. The van der Waals surface area contributed by atoms with Crippen LogP contribution in [0.25, 0.3) is 6.08 Å². The molecule has 6 nitrogen and oxygen atoms in total. The quantitative estimate of drug-likeness (QED) is 0.347. The van der Waals surface area contributed by atoms with Crippen molar-refractivity contribution in [2.24, 2.45) is 4.99 Å². The van der Waals surface area contributed by atoms with Crippen LogP contribution in [0.5, 0.6) is 0 Å². The van der Waals surface area contributed by atoms with Gasteiger partial charge in [0.15, 0.2) is 8.57 Å². The molecule has 0 radical (unpaired) electrons. The molecular weight excluding hydrogens is 539 g/mol. The van der Waals surface area contributed by atoms with Gasteiger partial charge in [0, 0.05) is 6.08 Å². The minimum absolute atomic E-state index is 0.215. The molecular formula is C24H23IN2O4S. The molecule has 0 spiro atoms. The molecule has 0 saturated heterocycles. The molecule has 1 aliphatic rings. The fourth-order valence-corrected chi connectivity index (χ4v) is 5.17. The zero-order valence-electron chi connectivity index (χ0n) is 18.2. The Balaban J connectivity index is 1.93. The van der Waals surface area contributed by atoms with E-state index in [9.17, 15) is 9.59 Å². The molecule has 1 unspecified atom stereocenters. The fraction of sp³-hybridized carbons (Fsp3) is 0.292. The Bertz CT molecular complexity index is 1380. The van der Waals surface area contributed by atoms with Crippen molar-refractivity contribution in [1.82, 2.24) is 4.57 Å². The Morgan fingerprint density at radius 2 is 2.00 bits per heavy atom. The van der Waals surface area contributed by atoms with E-state index in [0.29, 0.717) is 32.3 Å². The number of fused-ring (bicyclic) bond motifs is 1. The zero-order chi connectivity index (χ0) is 23.0. The van der Waals surface area contributed by atoms with E-state index >= 15 is 0 Å². The van der Waals surface area contributed by atoms with Crippen molar-refractivity contribution in [1.29, 1.82) is 0 Å². The van der Waals surface area contributed by atoms with Crippen molar-refractivity contribution in [2.75, 3.05) is 6.61 Å². The number of halogens is 1. The number of furan rings is 1. The van der Waals surface area contributed by atoms with Crippen LogP contribution in [-0.4, -0.2) is 17.1 Å². The summed E-state index contributed by atoms with van der Waals surface area (Å²) in [4.78, 5) is 31.5. The first kappa shape index (κ1) is 22.7. The average Bonchev–Trinajstić information content (AvgIpc) is 3.30. The number of carbonyl (C=O) groups excluding carboxylic acids is 1. The standard InChI is InChI=1S/C24H23IN2O4S/c1-5-30-23(29)20-14(4)26-24-27(21(20)16-8-6-15(7-9-16)13(2)3)22(28)18(32-24)12-17-10-11-19(25)31-17/h6-13,21H,5H2,1-4H3. The number of thiazole rings is 1. The largest absolute Gasteiger partial charge is 0.463 e. The van der Waals surface area contributed by atoms with Gasteiger partial charge in [-0.1, -0.05) is 49.4 Å². The first-order valence-electron chi connectivity index (χ1n) is 10.3. The van der Waals surface area contributed by atoms with Gasteiger partial charge >= 0.3 is 5.97 Å². The first-order chi connectivity index (χ1) is 15.3. The number of hydrogen-bond donors (Lipinski definition) is 0. The van der Waals surface area contributed by atoms with Crippen LogP contribution in [0.3, 0.4) is 0 Å². The molecule has 3 aromatic rings. The fourth-order valence-electron chi connectivity index (χ4n) is 3.71. The first-order valence-corrected chi connectivity index (χ1v) is 12.2. The molecule has 0 bridgehead atoms. The molecule has 1 atom stereocenters. The maximum absolute atomic E-state index is 13.5. The summed E-state index contributed by atoms with van der Waals surface area (Å²) in [7, 11) is 0. The van der Waals surface area contributed by atoms with Crippen molar-refractivity contribution >= 4 is 46.0 Å². The number of rotatable bonds is 5. The molecule has 3 heterocycles. The van der Waals surface area contributed by atoms with Crippen molar-refractivity contribution < 1.29 is 13.9 Å². The van der Waals surface area contributed by atoms with Crippen molar-refractivity contribution in [3.8, 4) is 0 Å². The molecule has 1 aliphatic heterocycles. The third-order valence-corrected chi connectivity index (χ3v) is 6.87. The summed E-state index contributed by atoms with van der Waals surface area (Å²) >= 11 is 3.37. The molecule has 0 saturated carbocycles. The van der Waals surface area contributed by atoms with E-state index in [1.165, 1.54) is 16.9 Å². The van der Waals surface area contributed by atoms with Gasteiger partial charge in [0.25, 0.3) is 5.56 Å². The second kappa shape index (κ2) is 9.19. The molecule has 1 aromatic carbocycles. The van der Waals surface area contributed by atoms with Crippen LogP contribution in [0.4, 0.5) is 0 Å². The van der Waals surface area contributed by atoms with E-state index in [1.807, 2.05) is 36.4 Å². The van der Waals surface area contributed by atoms with Gasteiger partial charge in [-0.15, -0.1) is 0 Å². The minimum Gasteiger partial charge on any atom is -0.463 e. The van der Waals surface area contributed by atoms with Crippen LogP contribution in [0, 0.1) is 3.77 Å². The summed E-state index contributed by atoms with van der Waals surface area (Å²) in [5, 5.41) is 0. The van der Waals surface area contributed by atoms with Crippen molar-refractivity contribution in [2.45, 2.75) is 39.7 Å². The summed E-state index contributed by atoms with van der Waals surface area (Å²) in [6.45, 7) is 8.05. The number of ether oxygens (including phenoxy) is 1. The highest BCUT2D eigenvalue weighted by Crippen LogP contribution is 2.31. The molecule has 32 heavy (non-hydrogen) atoms. The van der Waals surface area contributed by atoms with Gasteiger partial charge in [-0.05, 0) is 65.6 Å². The predicted octanol–water partition coefficient (Wildman–Crippen LogP) is 4.12. The molecule has 8 heteroatoms. The number of carbonyl (C=O) groups is 1. The SMILES string of the molecule is CCOC(=O)C1=C(C)N=c2sc(=Cc3ccc(I)o3)c(=O)n2C1c1ccc(C(C)C)cc1. The highest BCUT2D eigenvalue weighted by atomic mass is 127. The number of aromatic nitrogens is 1. The van der Waals surface area contributed by atoms with Crippen LogP contribution in [0.15, 0.2) is 61.9 Å². The van der Waals surface area contributed by atoms with Crippen LogP contribution in [-0.2, 0) is 9.53 Å². The van der Waals surface area contributed by atoms with E-state index in [0.717, 1.165) is 9.33 Å². The van der Waals surface area contributed by atoms with Crippen molar-refractivity contribution in [3.63, 3.8) is 0 Å². The second-order valence-corrected chi connectivity index (χ2v) is 9.84. The lowest BCUT2D eigenvalue weighted by atomic mass is 9.93. The number of esters is 1. The molecule has 0 aliphatic carbocycles. The van der Waals surface area contributed by atoms with Gasteiger partial charge in [-0.25, -0.2) is 9.79 Å². The Morgan fingerprint density at radius 3 is 2.59 bits per heavy atom. The summed E-state index contributed by atoms with van der Waals surface area (Å²) in [5.74, 6) is 0.518. The Kier molecular flexibility index (Phi) is 6.52. The molecule has 0 amide bonds. The second-order valence-electron chi connectivity index (χ2n) is 7.77. The van der Waals surface area contributed by atoms with Crippen LogP contribution >= 0.6 is 33.9 Å². The highest BCUT2D eigenvalue weighted by Gasteiger charge is 2.33. The van der Waals surface area contributed by atoms with E-state index in [1.54, 1.807) is 24.5 Å². The lowest BCUT2D eigenvalue weighted by molar-refractivity contribution is -0.139. The van der Waals surface area contributed by atoms with Gasteiger partial charge in [0.2, 0.25) is 0 Å². The summed E-state index contributed by atoms with van der Waals surface area (Å²) in [5.41, 5.74) is 2.75. The zero-order valence-corrected chi connectivity index (χ0v) is 21.2. The van der Waals surface area contributed by atoms with Gasteiger partial charge < -0.3 is 9.15 Å². The number of hydrogen-bond acceptors (Lipinski definition) is 6. The van der Waals surface area contributed by atoms with Crippen LogP contribution in [0.2, 0.25) is 0 Å². The third-order valence-electron chi connectivity index (χ3n) is 5.30. The van der Waals surface area contributed by atoms with Crippen LogP contribution in [0.1, 0.15) is 56.5 Å². The number of nitrogens with zero attached hydrogens (tertiary/aromatic N) is 2. The monoisotopic (exact) mass is 562 g/mol. The maximum atomic E-state index is 13.5. The van der Waals surface area contributed by atoms with E-state index in [2.05, 4.69) is 41.4 Å². The Labute approximate surface area is 203 Å². The Morgan fingerprint density at radius 1 is 1.28 bits per heavy atom. The number of benzene rings is 1. The van der Waals surface area contributed by atoms with E-state index in [4.69, 9.17) is 9.15 Å². The molecule has 0 N–H and O–H groups in total. The van der Waals surface area contributed by atoms with Gasteiger partial charge in [-0.3, -0.25) is 9.36 Å². The molecule has 2 aromatic heterocycles. The topological polar surface area (TPSA) is 73.8 Å². The van der Waals surface area contributed by atoms with E-state index in [-0.39, 0.29) is 12.2 Å². The normalized spacial score (nSPS) is 16.3. The van der Waals surface area contributed by atoms with Gasteiger partial charge in [-0.2, -0.15) is 0 Å². The molecule has 4 rings (SSSR count). The third kappa shape index (κ3) is 4.25. The molecule has 0 fully saturated rings. The highest BCUT2D eigenvalue weighted by molar-refractivity contribution is 14.1. The summed E-state index contributed by atoms with van der Waals surface area (Å²) in [6, 6.07) is 11.1. The van der Waals surface area contributed by atoms with Gasteiger partial charge in [0.1, 0.15) is 5.76 Å². The lowest BCUT2D eigenvalue weighted by Gasteiger charge is -2.25. The summed E-state index contributed by atoms with van der Waals surface area (Å²) < 4.78 is 13.8. The molecule has 166 valence electrons. The predicted molar refractivity (Wildman–Crippen MR) is 132 cm³/mol. The number of allylic oxidation sites excluding steroid dienone is 1. The van der Waals surface area contributed by atoms with Crippen LogP contribution < -0.4 is 14.9 Å². The van der Waals surface area contributed by atoms with E-state index < -0.39 is 12.0 Å². The van der Waals surface area contributed by atoms with Gasteiger partial charge in [0.05, 0.1) is 28.5 Å². The minimum atomic E-state index is -0.606.